The minimum atomic E-state index is -1.86. The standard InChI is InChI=1S/C9H26N2O2Si2.C2H6.CH4/c1-12-15(4,5)13-14(2,3)8-6-7-11-9-10;1-2;/h11H,6-10H2,1-5H3;1-2H3;1H4. The maximum atomic E-state index is 6.15. The average Bonchev–Trinajstić information content (AvgIpc) is 2.26. The van der Waals surface area contributed by atoms with Crippen LogP contribution in [0, 0.1) is 0 Å². The van der Waals surface area contributed by atoms with Crippen molar-refractivity contribution in [3.63, 3.8) is 0 Å². The Hall–Kier alpha value is 0.274. The van der Waals surface area contributed by atoms with Gasteiger partial charge in [-0.1, -0.05) is 21.3 Å². The molecule has 0 aliphatic carbocycles. The number of hydrogen-bond donors (Lipinski definition) is 2. The summed E-state index contributed by atoms with van der Waals surface area (Å²) >= 11 is 0. The van der Waals surface area contributed by atoms with Gasteiger partial charge in [0.25, 0.3) is 0 Å². The van der Waals surface area contributed by atoms with Crippen molar-refractivity contribution in [1.82, 2.24) is 5.32 Å². The van der Waals surface area contributed by atoms with E-state index in [4.69, 9.17) is 14.3 Å². The van der Waals surface area contributed by atoms with Crippen molar-refractivity contribution in [2.45, 2.75) is 59.9 Å². The predicted molar refractivity (Wildman–Crippen MR) is 87.6 cm³/mol. The summed E-state index contributed by atoms with van der Waals surface area (Å²) < 4.78 is 11.6. The third-order valence-corrected chi connectivity index (χ3v) is 9.01. The van der Waals surface area contributed by atoms with Crippen molar-refractivity contribution in [1.29, 1.82) is 0 Å². The molecule has 0 unspecified atom stereocenters. The molecule has 0 fully saturated rings. The molecule has 0 radical (unpaired) electrons. The smallest absolute Gasteiger partial charge is 0.321 e. The first-order valence-corrected chi connectivity index (χ1v) is 12.4. The van der Waals surface area contributed by atoms with Crippen LogP contribution in [0.4, 0.5) is 0 Å². The molecule has 0 aromatic carbocycles. The summed E-state index contributed by atoms with van der Waals surface area (Å²) in [6, 6.07) is 1.15. The molecular formula is C12H36N2O2Si2. The third-order valence-electron chi connectivity index (χ3n) is 2.29. The van der Waals surface area contributed by atoms with E-state index in [0.717, 1.165) is 19.0 Å². The number of nitrogens with one attached hydrogen (secondary N) is 1. The molecule has 0 spiro atoms. The summed E-state index contributed by atoms with van der Waals surface area (Å²) in [5, 5.41) is 3.12. The first-order chi connectivity index (χ1) is 7.83. The minimum Gasteiger partial charge on any atom is -0.436 e. The summed E-state index contributed by atoms with van der Waals surface area (Å²) in [6.45, 7) is 14.2. The Morgan fingerprint density at radius 2 is 1.61 bits per heavy atom. The Bertz CT molecular complexity index is 179. The maximum Gasteiger partial charge on any atom is 0.321 e. The summed E-state index contributed by atoms with van der Waals surface area (Å²) in [7, 11) is -1.68. The van der Waals surface area contributed by atoms with E-state index in [2.05, 4.69) is 31.5 Å². The minimum absolute atomic E-state index is 0. The molecule has 0 saturated heterocycles. The van der Waals surface area contributed by atoms with Crippen LogP contribution in [-0.2, 0) is 8.54 Å². The highest BCUT2D eigenvalue weighted by Gasteiger charge is 2.33. The van der Waals surface area contributed by atoms with Crippen molar-refractivity contribution in [3.8, 4) is 0 Å². The highest BCUT2D eigenvalue weighted by atomic mass is 28.4. The van der Waals surface area contributed by atoms with Crippen LogP contribution in [0.5, 0.6) is 0 Å². The molecule has 18 heavy (non-hydrogen) atoms. The van der Waals surface area contributed by atoms with Crippen molar-refractivity contribution in [2.24, 2.45) is 5.73 Å². The lowest BCUT2D eigenvalue weighted by Crippen LogP contribution is -2.46. The highest BCUT2D eigenvalue weighted by molar-refractivity contribution is 6.82. The fraction of sp³-hybridized carbons (Fsp3) is 1.00. The molecule has 3 N–H and O–H groups in total. The van der Waals surface area contributed by atoms with Crippen molar-refractivity contribution in [2.75, 3.05) is 20.3 Å². The van der Waals surface area contributed by atoms with Crippen LogP contribution in [0.2, 0.25) is 32.2 Å². The van der Waals surface area contributed by atoms with E-state index >= 15 is 0 Å². The van der Waals surface area contributed by atoms with Crippen molar-refractivity contribution in [3.05, 3.63) is 0 Å². The van der Waals surface area contributed by atoms with Gasteiger partial charge in [-0.15, -0.1) is 0 Å². The van der Waals surface area contributed by atoms with Gasteiger partial charge in [0.2, 0.25) is 0 Å². The maximum absolute atomic E-state index is 6.15. The van der Waals surface area contributed by atoms with Crippen LogP contribution < -0.4 is 11.1 Å². The molecular weight excluding hydrogens is 260 g/mol. The second kappa shape index (κ2) is 12.3. The second-order valence-electron chi connectivity index (χ2n) is 4.77. The largest absolute Gasteiger partial charge is 0.436 e. The van der Waals surface area contributed by atoms with E-state index in [0.29, 0.717) is 6.67 Å². The first kappa shape index (κ1) is 23.4. The fourth-order valence-electron chi connectivity index (χ4n) is 1.50. The highest BCUT2D eigenvalue weighted by Crippen LogP contribution is 2.19. The van der Waals surface area contributed by atoms with Gasteiger partial charge in [-0.3, -0.25) is 0 Å². The molecule has 0 saturated carbocycles. The van der Waals surface area contributed by atoms with Gasteiger partial charge in [0.15, 0.2) is 8.32 Å². The van der Waals surface area contributed by atoms with Crippen LogP contribution in [0.15, 0.2) is 0 Å². The van der Waals surface area contributed by atoms with Gasteiger partial charge < -0.3 is 19.6 Å². The zero-order valence-electron chi connectivity index (χ0n) is 12.7. The lowest BCUT2D eigenvalue weighted by atomic mass is 10.5. The average molecular weight is 297 g/mol. The number of rotatable bonds is 8. The lowest BCUT2D eigenvalue weighted by molar-refractivity contribution is 0.309. The van der Waals surface area contributed by atoms with Crippen LogP contribution in [0.3, 0.4) is 0 Å². The summed E-state index contributed by atoms with van der Waals surface area (Å²) in [4.78, 5) is 0. The fourth-order valence-corrected chi connectivity index (χ4v) is 8.59. The van der Waals surface area contributed by atoms with Gasteiger partial charge in [-0.05, 0) is 45.2 Å². The van der Waals surface area contributed by atoms with Crippen molar-refractivity contribution < 1.29 is 8.54 Å². The van der Waals surface area contributed by atoms with E-state index in [9.17, 15) is 0 Å². The molecule has 0 amide bonds. The van der Waals surface area contributed by atoms with Gasteiger partial charge in [-0.2, -0.15) is 0 Å². The normalized spacial score (nSPS) is 11.3. The Morgan fingerprint density at radius 3 is 2.00 bits per heavy atom. The van der Waals surface area contributed by atoms with E-state index in [1.54, 1.807) is 7.11 Å². The van der Waals surface area contributed by atoms with Gasteiger partial charge in [0, 0.05) is 13.8 Å². The van der Waals surface area contributed by atoms with Crippen LogP contribution in [-0.4, -0.2) is 37.2 Å². The number of hydrogen-bond acceptors (Lipinski definition) is 4. The Balaban J connectivity index is -0.000000709. The predicted octanol–water partition coefficient (Wildman–Crippen LogP) is 3.11. The van der Waals surface area contributed by atoms with Crippen LogP contribution in [0.1, 0.15) is 27.7 Å². The van der Waals surface area contributed by atoms with E-state index in [1.165, 1.54) is 0 Å². The molecule has 0 aliphatic heterocycles. The van der Waals surface area contributed by atoms with Gasteiger partial charge >= 0.3 is 8.56 Å². The molecule has 6 heteroatoms. The monoisotopic (exact) mass is 296 g/mol. The molecule has 0 atom stereocenters. The Kier molecular flexibility index (Phi) is 16.0. The molecule has 0 bridgehead atoms. The van der Waals surface area contributed by atoms with Crippen LogP contribution >= 0.6 is 0 Å². The van der Waals surface area contributed by atoms with Gasteiger partial charge in [0.05, 0.1) is 0 Å². The van der Waals surface area contributed by atoms with Gasteiger partial charge in [-0.25, -0.2) is 0 Å². The molecule has 114 valence electrons. The van der Waals surface area contributed by atoms with Crippen LogP contribution in [0.25, 0.3) is 0 Å². The Labute approximate surface area is 117 Å². The zero-order valence-corrected chi connectivity index (χ0v) is 14.7. The molecule has 4 nitrogen and oxygen atoms in total. The zero-order chi connectivity index (χ0) is 13.9. The topological polar surface area (TPSA) is 56.5 Å². The molecule has 0 aromatic rings. The SMILES string of the molecule is C.CC.CO[Si](C)(C)O[Si](C)(C)CCCNCN. The summed E-state index contributed by atoms with van der Waals surface area (Å²) in [5.74, 6) is 0. The summed E-state index contributed by atoms with van der Waals surface area (Å²) in [5.41, 5.74) is 5.36. The van der Waals surface area contributed by atoms with E-state index in [-0.39, 0.29) is 7.43 Å². The Morgan fingerprint density at radius 1 is 1.11 bits per heavy atom. The summed E-state index contributed by atoms with van der Waals surface area (Å²) in [6.07, 6.45) is 1.13. The lowest BCUT2D eigenvalue weighted by Gasteiger charge is -2.32. The van der Waals surface area contributed by atoms with Crippen molar-refractivity contribution >= 4 is 16.9 Å². The van der Waals surface area contributed by atoms with E-state index in [1.807, 2.05) is 13.8 Å². The molecule has 0 rings (SSSR count). The molecule has 0 heterocycles. The van der Waals surface area contributed by atoms with Gasteiger partial charge in [0.1, 0.15) is 0 Å². The first-order valence-electron chi connectivity index (χ1n) is 6.49. The molecule has 0 aliphatic rings. The van der Waals surface area contributed by atoms with E-state index < -0.39 is 16.9 Å². The molecule has 0 aromatic heterocycles. The quantitative estimate of drug-likeness (QED) is 0.410. The second-order valence-corrected chi connectivity index (χ2v) is 12.8. The third kappa shape index (κ3) is 14.3. The number of nitrogens with two attached hydrogens (primary N) is 1.